The Morgan fingerprint density at radius 2 is 2.00 bits per heavy atom. The Morgan fingerprint density at radius 1 is 1.29 bits per heavy atom. The van der Waals surface area contributed by atoms with Gasteiger partial charge in [-0.25, -0.2) is 4.98 Å². The van der Waals surface area contributed by atoms with E-state index in [0.29, 0.717) is 12.1 Å². The molecular formula is C16H20ClN3O. The molecule has 2 rings (SSSR count). The van der Waals surface area contributed by atoms with Crippen molar-refractivity contribution in [2.75, 3.05) is 26.2 Å². The summed E-state index contributed by atoms with van der Waals surface area (Å²) in [6, 6.07) is 7.62. The first-order valence-electron chi connectivity index (χ1n) is 7.21. The van der Waals surface area contributed by atoms with Crippen molar-refractivity contribution in [3.63, 3.8) is 0 Å². The number of aromatic nitrogens is 1. The van der Waals surface area contributed by atoms with E-state index in [1.807, 2.05) is 24.3 Å². The van der Waals surface area contributed by atoms with Crippen LogP contribution < -0.4 is 5.32 Å². The Hall–Kier alpha value is -1.65. The molecule has 21 heavy (non-hydrogen) atoms. The fourth-order valence-corrected chi connectivity index (χ4v) is 2.55. The lowest BCUT2D eigenvalue weighted by atomic mass is 10.1. The zero-order valence-corrected chi connectivity index (χ0v) is 13.2. The van der Waals surface area contributed by atoms with Gasteiger partial charge in [-0.1, -0.05) is 49.7 Å². The molecule has 1 N–H and O–H groups in total. The quantitative estimate of drug-likeness (QED) is 0.835. The van der Waals surface area contributed by atoms with Crippen molar-refractivity contribution < 1.29 is 4.79 Å². The minimum atomic E-state index is -0.170. The molecule has 0 aliphatic carbocycles. The molecule has 0 fully saturated rings. The Labute approximate surface area is 130 Å². The van der Waals surface area contributed by atoms with E-state index in [-0.39, 0.29) is 11.1 Å². The Balaban J connectivity index is 2.14. The van der Waals surface area contributed by atoms with Crippen LogP contribution in [0.15, 0.2) is 30.5 Å². The van der Waals surface area contributed by atoms with Crippen LogP contribution in [0.25, 0.3) is 10.8 Å². The molecule has 112 valence electrons. The van der Waals surface area contributed by atoms with E-state index in [1.165, 1.54) is 0 Å². The first-order valence-corrected chi connectivity index (χ1v) is 7.59. The summed E-state index contributed by atoms with van der Waals surface area (Å²) in [4.78, 5) is 18.7. The van der Waals surface area contributed by atoms with Crippen LogP contribution in [-0.2, 0) is 0 Å². The molecular weight excluding hydrogens is 286 g/mol. The molecule has 1 amide bonds. The van der Waals surface area contributed by atoms with Gasteiger partial charge >= 0.3 is 0 Å². The van der Waals surface area contributed by atoms with Crippen molar-refractivity contribution in [2.45, 2.75) is 13.8 Å². The molecule has 0 atom stereocenters. The van der Waals surface area contributed by atoms with Gasteiger partial charge in [0.15, 0.2) is 0 Å². The summed E-state index contributed by atoms with van der Waals surface area (Å²) in [6.45, 7) is 7.59. The molecule has 1 heterocycles. The molecule has 0 saturated carbocycles. The first-order chi connectivity index (χ1) is 10.2. The first kappa shape index (κ1) is 15.7. The van der Waals surface area contributed by atoms with Gasteiger partial charge in [0.05, 0.1) is 5.56 Å². The van der Waals surface area contributed by atoms with Crippen molar-refractivity contribution in [1.29, 1.82) is 0 Å². The minimum Gasteiger partial charge on any atom is -0.351 e. The summed E-state index contributed by atoms with van der Waals surface area (Å²) in [5.41, 5.74) is 0.453. The van der Waals surface area contributed by atoms with Crippen LogP contribution in [0.4, 0.5) is 0 Å². The van der Waals surface area contributed by atoms with Gasteiger partial charge in [0, 0.05) is 24.7 Å². The molecule has 2 aromatic rings. The fourth-order valence-electron chi connectivity index (χ4n) is 2.31. The molecule has 0 bridgehead atoms. The van der Waals surface area contributed by atoms with Crippen molar-refractivity contribution in [1.82, 2.24) is 15.2 Å². The van der Waals surface area contributed by atoms with Gasteiger partial charge < -0.3 is 10.2 Å². The van der Waals surface area contributed by atoms with Crippen molar-refractivity contribution in [2.24, 2.45) is 0 Å². The van der Waals surface area contributed by atoms with Gasteiger partial charge in [0.2, 0.25) is 0 Å². The SMILES string of the molecule is CCN(CC)CCNC(=O)c1c(Cl)ncc2ccccc12. The van der Waals surface area contributed by atoms with Crippen LogP contribution in [0.2, 0.25) is 5.15 Å². The van der Waals surface area contributed by atoms with Crippen LogP contribution in [0.1, 0.15) is 24.2 Å². The van der Waals surface area contributed by atoms with Crippen molar-refractivity contribution in [3.05, 3.63) is 41.2 Å². The molecule has 1 aromatic carbocycles. The normalized spacial score (nSPS) is 11.0. The summed E-state index contributed by atoms with van der Waals surface area (Å²) < 4.78 is 0. The van der Waals surface area contributed by atoms with Crippen LogP contribution in [0.3, 0.4) is 0 Å². The summed E-state index contributed by atoms with van der Waals surface area (Å²) in [7, 11) is 0. The number of halogens is 1. The lowest BCUT2D eigenvalue weighted by Gasteiger charge is -2.18. The monoisotopic (exact) mass is 305 g/mol. The number of carbonyl (C=O) groups excluding carboxylic acids is 1. The summed E-state index contributed by atoms with van der Waals surface area (Å²) in [5.74, 6) is -0.170. The van der Waals surface area contributed by atoms with E-state index in [0.717, 1.165) is 30.4 Å². The van der Waals surface area contributed by atoms with Crippen LogP contribution >= 0.6 is 11.6 Å². The topological polar surface area (TPSA) is 45.2 Å². The van der Waals surface area contributed by atoms with E-state index in [9.17, 15) is 4.79 Å². The zero-order valence-electron chi connectivity index (χ0n) is 12.4. The van der Waals surface area contributed by atoms with E-state index in [4.69, 9.17) is 11.6 Å². The second-order valence-electron chi connectivity index (χ2n) is 4.79. The third-order valence-corrected chi connectivity index (χ3v) is 3.88. The predicted molar refractivity (Wildman–Crippen MR) is 86.9 cm³/mol. The number of benzene rings is 1. The van der Waals surface area contributed by atoms with E-state index < -0.39 is 0 Å². The number of nitrogens with zero attached hydrogens (tertiary/aromatic N) is 2. The van der Waals surface area contributed by atoms with E-state index in [2.05, 4.69) is 29.0 Å². The highest BCUT2D eigenvalue weighted by atomic mass is 35.5. The average molecular weight is 306 g/mol. The maximum atomic E-state index is 12.4. The standard InChI is InChI=1S/C16H20ClN3O/c1-3-20(4-2)10-9-18-16(21)14-13-8-6-5-7-12(13)11-19-15(14)17/h5-8,11H,3-4,9-10H2,1-2H3,(H,18,21). The number of rotatable bonds is 6. The third-order valence-electron chi connectivity index (χ3n) is 3.59. The molecule has 0 radical (unpaired) electrons. The molecule has 0 spiro atoms. The smallest absolute Gasteiger partial charge is 0.255 e. The molecule has 0 unspecified atom stereocenters. The fraction of sp³-hybridized carbons (Fsp3) is 0.375. The van der Waals surface area contributed by atoms with Gasteiger partial charge in [-0.15, -0.1) is 0 Å². The molecule has 1 aromatic heterocycles. The van der Waals surface area contributed by atoms with E-state index in [1.54, 1.807) is 6.20 Å². The maximum Gasteiger partial charge on any atom is 0.255 e. The Bertz CT molecular complexity index is 626. The highest BCUT2D eigenvalue weighted by molar-refractivity contribution is 6.34. The van der Waals surface area contributed by atoms with Gasteiger partial charge in [0.25, 0.3) is 5.91 Å². The second kappa shape index (κ2) is 7.38. The van der Waals surface area contributed by atoms with Crippen molar-refractivity contribution in [3.8, 4) is 0 Å². The van der Waals surface area contributed by atoms with Gasteiger partial charge in [0.1, 0.15) is 5.15 Å². The minimum absolute atomic E-state index is 0.170. The van der Waals surface area contributed by atoms with Gasteiger partial charge in [-0.05, 0) is 18.5 Å². The Kier molecular flexibility index (Phi) is 5.53. The lowest BCUT2D eigenvalue weighted by molar-refractivity contribution is 0.0950. The number of amides is 1. The lowest BCUT2D eigenvalue weighted by Crippen LogP contribution is -2.35. The van der Waals surface area contributed by atoms with E-state index >= 15 is 0 Å². The third kappa shape index (κ3) is 3.71. The number of fused-ring (bicyclic) bond motifs is 1. The summed E-state index contributed by atoms with van der Waals surface area (Å²) >= 11 is 6.11. The molecule has 0 aliphatic rings. The predicted octanol–water partition coefficient (Wildman–Crippen LogP) is 2.96. The number of nitrogens with one attached hydrogen (secondary N) is 1. The average Bonchev–Trinajstić information content (AvgIpc) is 2.51. The molecule has 0 aliphatic heterocycles. The van der Waals surface area contributed by atoms with Crippen molar-refractivity contribution >= 4 is 28.3 Å². The zero-order chi connectivity index (χ0) is 15.2. The number of hydrogen-bond acceptors (Lipinski definition) is 3. The highest BCUT2D eigenvalue weighted by Gasteiger charge is 2.15. The van der Waals surface area contributed by atoms with Gasteiger partial charge in [-0.3, -0.25) is 4.79 Å². The summed E-state index contributed by atoms with van der Waals surface area (Å²) in [5, 5.41) is 4.91. The van der Waals surface area contributed by atoms with Crippen LogP contribution in [-0.4, -0.2) is 42.0 Å². The second-order valence-corrected chi connectivity index (χ2v) is 5.15. The largest absolute Gasteiger partial charge is 0.351 e. The molecule has 4 nitrogen and oxygen atoms in total. The number of likely N-dealkylation sites (N-methyl/N-ethyl adjacent to an activating group) is 1. The Morgan fingerprint density at radius 3 is 2.71 bits per heavy atom. The number of carbonyl (C=O) groups is 1. The summed E-state index contributed by atoms with van der Waals surface area (Å²) in [6.07, 6.45) is 1.68. The molecule has 5 heteroatoms. The number of hydrogen-bond donors (Lipinski definition) is 1. The maximum absolute atomic E-state index is 12.4. The van der Waals surface area contributed by atoms with Gasteiger partial charge in [-0.2, -0.15) is 0 Å². The highest BCUT2D eigenvalue weighted by Crippen LogP contribution is 2.23. The van der Waals surface area contributed by atoms with Crippen LogP contribution in [0.5, 0.6) is 0 Å². The van der Waals surface area contributed by atoms with Crippen LogP contribution in [0, 0.1) is 0 Å². The molecule has 0 saturated heterocycles. The number of pyridine rings is 1.